The number of aromatic nitrogens is 1. The van der Waals surface area contributed by atoms with Gasteiger partial charge in [-0.1, -0.05) is 31.7 Å². The van der Waals surface area contributed by atoms with Gasteiger partial charge in [-0.3, -0.25) is 9.78 Å². The maximum atomic E-state index is 11.9. The van der Waals surface area contributed by atoms with Crippen LogP contribution in [0.1, 0.15) is 42.6 Å². The van der Waals surface area contributed by atoms with E-state index in [9.17, 15) is 4.79 Å². The summed E-state index contributed by atoms with van der Waals surface area (Å²) in [7, 11) is 0. The molecule has 1 aromatic heterocycles. The Morgan fingerprint density at radius 1 is 1.44 bits per heavy atom. The van der Waals surface area contributed by atoms with Crippen LogP contribution in [0.2, 0.25) is 0 Å². The SMILES string of the molecule is NC(CC1CCCC1)C(=O)c1ccccn1. The number of carbonyl (C=O) groups excluding carboxylic acids is 1. The molecule has 2 N–H and O–H groups in total. The molecular weight excluding hydrogens is 200 g/mol. The van der Waals surface area contributed by atoms with Gasteiger partial charge in [0.25, 0.3) is 0 Å². The van der Waals surface area contributed by atoms with Crippen LogP contribution in [-0.2, 0) is 0 Å². The fraction of sp³-hybridized carbons (Fsp3) is 0.538. The summed E-state index contributed by atoms with van der Waals surface area (Å²) in [6.45, 7) is 0. The molecule has 1 aromatic rings. The molecule has 1 unspecified atom stereocenters. The molecule has 1 aliphatic rings. The van der Waals surface area contributed by atoms with Crippen LogP contribution in [0, 0.1) is 5.92 Å². The molecule has 1 heterocycles. The van der Waals surface area contributed by atoms with E-state index in [1.807, 2.05) is 6.07 Å². The fourth-order valence-corrected chi connectivity index (χ4v) is 2.41. The molecule has 2 rings (SSSR count). The van der Waals surface area contributed by atoms with Crippen molar-refractivity contribution in [2.45, 2.75) is 38.1 Å². The van der Waals surface area contributed by atoms with Crippen LogP contribution in [0.15, 0.2) is 24.4 Å². The van der Waals surface area contributed by atoms with Crippen molar-refractivity contribution in [2.24, 2.45) is 11.7 Å². The van der Waals surface area contributed by atoms with E-state index in [2.05, 4.69) is 4.98 Å². The first-order valence-electron chi connectivity index (χ1n) is 5.98. The van der Waals surface area contributed by atoms with Gasteiger partial charge in [-0.2, -0.15) is 0 Å². The fourth-order valence-electron chi connectivity index (χ4n) is 2.41. The second kappa shape index (κ2) is 5.21. The first-order valence-corrected chi connectivity index (χ1v) is 5.98. The Morgan fingerprint density at radius 2 is 2.19 bits per heavy atom. The molecule has 0 radical (unpaired) electrons. The standard InChI is InChI=1S/C13H18N2O/c14-11(9-10-5-1-2-6-10)13(16)12-7-3-4-8-15-12/h3-4,7-8,10-11H,1-2,5-6,9,14H2. The molecule has 1 aliphatic carbocycles. The Balaban J connectivity index is 1.94. The minimum absolute atomic E-state index is 0.0208. The molecule has 16 heavy (non-hydrogen) atoms. The average Bonchev–Trinajstić information content (AvgIpc) is 2.82. The van der Waals surface area contributed by atoms with Crippen LogP contribution in [0.3, 0.4) is 0 Å². The largest absolute Gasteiger partial charge is 0.321 e. The molecule has 0 spiro atoms. The van der Waals surface area contributed by atoms with Gasteiger partial charge in [-0.15, -0.1) is 0 Å². The van der Waals surface area contributed by atoms with Crippen LogP contribution < -0.4 is 5.73 Å². The summed E-state index contributed by atoms with van der Waals surface area (Å²) in [4.78, 5) is 16.0. The van der Waals surface area contributed by atoms with E-state index in [1.165, 1.54) is 25.7 Å². The molecule has 0 bridgehead atoms. The van der Waals surface area contributed by atoms with Crippen molar-refractivity contribution in [1.82, 2.24) is 4.98 Å². The van der Waals surface area contributed by atoms with Crippen molar-refractivity contribution < 1.29 is 4.79 Å². The van der Waals surface area contributed by atoms with Crippen LogP contribution in [-0.4, -0.2) is 16.8 Å². The number of Topliss-reactive ketones (excluding diaryl/α,β-unsaturated/α-hetero) is 1. The molecule has 3 nitrogen and oxygen atoms in total. The van der Waals surface area contributed by atoms with E-state index in [1.54, 1.807) is 18.3 Å². The highest BCUT2D eigenvalue weighted by Crippen LogP contribution is 2.28. The minimum Gasteiger partial charge on any atom is -0.321 e. The first-order chi connectivity index (χ1) is 7.77. The van der Waals surface area contributed by atoms with E-state index in [-0.39, 0.29) is 11.8 Å². The molecule has 1 saturated carbocycles. The van der Waals surface area contributed by atoms with Gasteiger partial charge in [0.1, 0.15) is 5.69 Å². The zero-order valence-electron chi connectivity index (χ0n) is 9.43. The Labute approximate surface area is 96.1 Å². The van der Waals surface area contributed by atoms with Crippen LogP contribution >= 0.6 is 0 Å². The minimum atomic E-state index is -0.377. The topological polar surface area (TPSA) is 56.0 Å². The first kappa shape index (κ1) is 11.3. The van der Waals surface area contributed by atoms with Crippen molar-refractivity contribution in [1.29, 1.82) is 0 Å². The van der Waals surface area contributed by atoms with Crippen molar-refractivity contribution in [3.8, 4) is 0 Å². The Hall–Kier alpha value is -1.22. The average molecular weight is 218 g/mol. The molecule has 0 aromatic carbocycles. The molecular formula is C13H18N2O. The van der Waals surface area contributed by atoms with Gasteiger partial charge in [-0.25, -0.2) is 0 Å². The summed E-state index contributed by atoms with van der Waals surface area (Å²) >= 11 is 0. The summed E-state index contributed by atoms with van der Waals surface area (Å²) in [6.07, 6.45) is 7.47. The predicted molar refractivity (Wildman–Crippen MR) is 63.1 cm³/mol. The van der Waals surface area contributed by atoms with Crippen molar-refractivity contribution >= 4 is 5.78 Å². The van der Waals surface area contributed by atoms with E-state index in [4.69, 9.17) is 5.73 Å². The normalized spacial score (nSPS) is 18.6. The highest BCUT2D eigenvalue weighted by molar-refractivity contribution is 5.98. The molecule has 0 aliphatic heterocycles. The van der Waals surface area contributed by atoms with Crippen LogP contribution in [0.4, 0.5) is 0 Å². The summed E-state index contributed by atoms with van der Waals surface area (Å²) < 4.78 is 0. The highest BCUT2D eigenvalue weighted by Gasteiger charge is 2.23. The van der Waals surface area contributed by atoms with Crippen molar-refractivity contribution in [2.75, 3.05) is 0 Å². The van der Waals surface area contributed by atoms with Gasteiger partial charge in [-0.05, 0) is 24.5 Å². The van der Waals surface area contributed by atoms with Crippen molar-refractivity contribution in [3.63, 3.8) is 0 Å². The number of nitrogens with two attached hydrogens (primary N) is 1. The molecule has 0 saturated heterocycles. The second-order valence-electron chi connectivity index (χ2n) is 4.57. The lowest BCUT2D eigenvalue weighted by atomic mass is 9.95. The molecule has 0 amide bonds. The van der Waals surface area contributed by atoms with E-state index >= 15 is 0 Å². The van der Waals surface area contributed by atoms with Gasteiger partial charge in [0.2, 0.25) is 0 Å². The van der Waals surface area contributed by atoms with Gasteiger partial charge in [0, 0.05) is 6.20 Å². The van der Waals surface area contributed by atoms with E-state index < -0.39 is 0 Å². The smallest absolute Gasteiger partial charge is 0.197 e. The lowest BCUT2D eigenvalue weighted by Crippen LogP contribution is -2.32. The molecule has 3 heteroatoms. The summed E-state index contributed by atoms with van der Waals surface area (Å²) in [6, 6.07) is 4.98. The maximum absolute atomic E-state index is 11.9. The molecule has 1 atom stereocenters. The number of pyridine rings is 1. The van der Waals surface area contributed by atoms with Gasteiger partial charge >= 0.3 is 0 Å². The van der Waals surface area contributed by atoms with Crippen molar-refractivity contribution in [3.05, 3.63) is 30.1 Å². The van der Waals surface area contributed by atoms with E-state index in [0.717, 1.165) is 6.42 Å². The van der Waals surface area contributed by atoms with Crippen LogP contribution in [0.25, 0.3) is 0 Å². The predicted octanol–water partition coefficient (Wildman–Crippen LogP) is 2.17. The maximum Gasteiger partial charge on any atom is 0.197 e. The lowest BCUT2D eigenvalue weighted by molar-refractivity contribution is 0.0944. The van der Waals surface area contributed by atoms with Gasteiger partial charge in [0.15, 0.2) is 5.78 Å². The Kier molecular flexibility index (Phi) is 3.67. The van der Waals surface area contributed by atoms with Gasteiger partial charge < -0.3 is 5.73 Å². The summed E-state index contributed by atoms with van der Waals surface area (Å²) in [5.74, 6) is 0.621. The number of hydrogen-bond donors (Lipinski definition) is 1. The lowest BCUT2D eigenvalue weighted by Gasteiger charge is -2.14. The number of nitrogens with zero attached hydrogens (tertiary/aromatic N) is 1. The molecule has 1 fully saturated rings. The number of rotatable bonds is 4. The van der Waals surface area contributed by atoms with E-state index in [0.29, 0.717) is 11.6 Å². The quantitative estimate of drug-likeness (QED) is 0.788. The highest BCUT2D eigenvalue weighted by atomic mass is 16.1. The van der Waals surface area contributed by atoms with Crippen LogP contribution in [0.5, 0.6) is 0 Å². The third kappa shape index (κ3) is 2.67. The number of ketones is 1. The third-order valence-corrected chi connectivity index (χ3v) is 3.32. The van der Waals surface area contributed by atoms with Gasteiger partial charge in [0.05, 0.1) is 6.04 Å². The summed E-state index contributed by atoms with van der Waals surface area (Å²) in [5.41, 5.74) is 6.43. The third-order valence-electron chi connectivity index (χ3n) is 3.32. The number of hydrogen-bond acceptors (Lipinski definition) is 3. The second-order valence-corrected chi connectivity index (χ2v) is 4.57. The zero-order valence-corrected chi connectivity index (χ0v) is 9.43. The summed E-state index contributed by atoms with van der Waals surface area (Å²) in [5, 5.41) is 0. The zero-order chi connectivity index (χ0) is 11.4. The number of carbonyl (C=O) groups is 1. The Morgan fingerprint density at radius 3 is 2.81 bits per heavy atom. The monoisotopic (exact) mass is 218 g/mol. The Bertz CT molecular complexity index is 344. The molecule has 86 valence electrons.